The van der Waals surface area contributed by atoms with Gasteiger partial charge < -0.3 is 0 Å². The Balaban J connectivity index is 3.04. The predicted octanol–water partition coefficient (Wildman–Crippen LogP) is 3.22. The van der Waals surface area contributed by atoms with Gasteiger partial charge in [0.25, 0.3) is 0 Å². The molecule has 0 aromatic carbocycles. The molecule has 0 atom stereocenters. The van der Waals surface area contributed by atoms with E-state index in [0.717, 1.165) is 0 Å². The van der Waals surface area contributed by atoms with Crippen LogP contribution < -0.4 is 0 Å². The standard InChI is InChI=1S/C8H6ClF3N2/c1-5-6(3-2-4-13-5)14-7(9)8(10,11)12/h2-4H,1H3. The van der Waals surface area contributed by atoms with Crippen molar-refractivity contribution in [2.24, 2.45) is 4.99 Å². The lowest BCUT2D eigenvalue weighted by molar-refractivity contribution is -0.0558. The third-order valence-electron chi connectivity index (χ3n) is 1.43. The highest BCUT2D eigenvalue weighted by molar-refractivity contribution is 6.67. The average Bonchev–Trinajstić information content (AvgIpc) is 2.07. The maximum Gasteiger partial charge on any atom is 0.444 e. The SMILES string of the molecule is Cc1ncccc1N=C(Cl)C(F)(F)F. The number of aromatic nitrogens is 1. The Morgan fingerprint density at radius 1 is 1.50 bits per heavy atom. The van der Waals surface area contributed by atoms with Gasteiger partial charge in [0.05, 0.1) is 11.4 Å². The molecule has 0 amide bonds. The normalized spacial score (nSPS) is 13.1. The number of hydrogen-bond acceptors (Lipinski definition) is 2. The number of alkyl halides is 3. The molecule has 76 valence electrons. The number of hydrogen-bond donors (Lipinski definition) is 0. The highest BCUT2D eigenvalue weighted by Crippen LogP contribution is 2.24. The minimum Gasteiger partial charge on any atom is -0.259 e. The van der Waals surface area contributed by atoms with Gasteiger partial charge in [-0.3, -0.25) is 4.98 Å². The molecule has 0 spiro atoms. The van der Waals surface area contributed by atoms with E-state index in [4.69, 9.17) is 11.6 Å². The maximum absolute atomic E-state index is 12.0. The van der Waals surface area contributed by atoms with Crippen LogP contribution in [0.1, 0.15) is 5.69 Å². The van der Waals surface area contributed by atoms with E-state index in [9.17, 15) is 13.2 Å². The zero-order chi connectivity index (χ0) is 10.8. The molecule has 14 heavy (non-hydrogen) atoms. The van der Waals surface area contributed by atoms with Crippen molar-refractivity contribution >= 4 is 22.5 Å². The fraction of sp³-hybridized carbons (Fsp3) is 0.250. The molecule has 1 rings (SSSR count). The van der Waals surface area contributed by atoms with Crippen LogP contribution in [-0.4, -0.2) is 16.3 Å². The second-order valence-corrected chi connectivity index (χ2v) is 2.87. The van der Waals surface area contributed by atoms with Gasteiger partial charge in [-0.05, 0) is 19.1 Å². The van der Waals surface area contributed by atoms with E-state index >= 15 is 0 Å². The minimum atomic E-state index is -4.61. The fourth-order valence-electron chi connectivity index (χ4n) is 0.763. The summed E-state index contributed by atoms with van der Waals surface area (Å²) < 4.78 is 36.0. The fourth-order valence-corrected chi connectivity index (χ4v) is 0.854. The second kappa shape index (κ2) is 3.96. The molecule has 0 saturated carbocycles. The molecule has 6 heteroatoms. The van der Waals surface area contributed by atoms with E-state index in [1.54, 1.807) is 6.92 Å². The van der Waals surface area contributed by atoms with Gasteiger partial charge in [0.2, 0.25) is 5.17 Å². The Morgan fingerprint density at radius 3 is 2.64 bits per heavy atom. The molecule has 0 N–H and O–H groups in total. The predicted molar refractivity (Wildman–Crippen MR) is 48.0 cm³/mol. The van der Waals surface area contributed by atoms with E-state index in [-0.39, 0.29) is 5.69 Å². The molecule has 0 unspecified atom stereocenters. The highest BCUT2D eigenvalue weighted by Gasteiger charge is 2.34. The third-order valence-corrected chi connectivity index (χ3v) is 1.73. The first-order valence-corrected chi connectivity index (χ1v) is 4.02. The number of nitrogens with zero attached hydrogens (tertiary/aromatic N) is 2. The zero-order valence-corrected chi connectivity index (χ0v) is 7.89. The van der Waals surface area contributed by atoms with Crippen LogP contribution in [0.15, 0.2) is 23.3 Å². The first-order chi connectivity index (χ1) is 6.41. The Hall–Kier alpha value is -1.10. The van der Waals surface area contributed by atoms with E-state index < -0.39 is 11.3 Å². The molecule has 0 saturated heterocycles. The van der Waals surface area contributed by atoms with Crippen LogP contribution in [0.2, 0.25) is 0 Å². The van der Waals surface area contributed by atoms with Gasteiger partial charge in [-0.2, -0.15) is 13.2 Å². The summed E-state index contributed by atoms with van der Waals surface area (Å²) in [7, 11) is 0. The van der Waals surface area contributed by atoms with Crippen molar-refractivity contribution < 1.29 is 13.2 Å². The molecule has 1 aromatic rings. The summed E-state index contributed by atoms with van der Waals surface area (Å²) >= 11 is 4.96. The lowest BCUT2D eigenvalue weighted by atomic mass is 10.3. The first-order valence-electron chi connectivity index (χ1n) is 3.64. The van der Waals surface area contributed by atoms with Crippen molar-refractivity contribution in [1.82, 2.24) is 4.98 Å². The van der Waals surface area contributed by atoms with Gasteiger partial charge in [-0.25, -0.2) is 4.99 Å². The molecule has 0 bridgehead atoms. The van der Waals surface area contributed by atoms with Gasteiger partial charge in [-0.1, -0.05) is 11.6 Å². The molecule has 0 fully saturated rings. The minimum absolute atomic E-state index is 0.120. The van der Waals surface area contributed by atoms with Crippen LogP contribution in [-0.2, 0) is 0 Å². The zero-order valence-electron chi connectivity index (χ0n) is 7.14. The number of rotatable bonds is 1. The summed E-state index contributed by atoms with van der Waals surface area (Å²) in [5.74, 6) is 0. The third kappa shape index (κ3) is 2.70. The topological polar surface area (TPSA) is 25.2 Å². The highest BCUT2D eigenvalue weighted by atomic mass is 35.5. The van der Waals surface area contributed by atoms with Crippen molar-refractivity contribution in [2.75, 3.05) is 0 Å². The number of halogens is 4. The van der Waals surface area contributed by atoms with Crippen LogP contribution in [0, 0.1) is 6.92 Å². The Morgan fingerprint density at radius 2 is 2.14 bits per heavy atom. The number of aryl methyl sites for hydroxylation is 1. The lowest BCUT2D eigenvalue weighted by Gasteiger charge is -2.03. The lowest BCUT2D eigenvalue weighted by Crippen LogP contribution is -2.16. The van der Waals surface area contributed by atoms with Crippen molar-refractivity contribution in [3.8, 4) is 0 Å². The molecule has 0 aliphatic carbocycles. The van der Waals surface area contributed by atoms with Crippen molar-refractivity contribution in [2.45, 2.75) is 13.1 Å². The summed E-state index contributed by atoms with van der Waals surface area (Å²) in [4.78, 5) is 7.01. The number of pyridine rings is 1. The van der Waals surface area contributed by atoms with Crippen molar-refractivity contribution in [3.05, 3.63) is 24.0 Å². The summed E-state index contributed by atoms with van der Waals surface area (Å²) in [5, 5.41) is -1.39. The first kappa shape index (κ1) is 11.0. The van der Waals surface area contributed by atoms with Gasteiger partial charge in [0.1, 0.15) is 0 Å². The molecular formula is C8H6ClF3N2. The molecule has 1 aromatic heterocycles. The van der Waals surface area contributed by atoms with Crippen LogP contribution in [0.4, 0.5) is 18.9 Å². The number of aliphatic imine (C=N–C) groups is 1. The monoisotopic (exact) mass is 222 g/mol. The largest absolute Gasteiger partial charge is 0.444 e. The van der Waals surface area contributed by atoms with Gasteiger partial charge >= 0.3 is 6.18 Å². The summed E-state index contributed by atoms with van der Waals surface area (Å²) in [5.41, 5.74) is 0.518. The van der Waals surface area contributed by atoms with Crippen molar-refractivity contribution in [1.29, 1.82) is 0 Å². The second-order valence-electron chi connectivity index (χ2n) is 2.51. The molecular weight excluding hydrogens is 217 g/mol. The van der Waals surface area contributed by atoms with Crippen LogP contribution >= 0.6 is 11.6 Å². The van der Waals surface area contributed by atoms with E-state index in [1.807, 2.05) is 0 Å². The quantitative estimate of drug-likeness (QED) is 0.670. The molecule has 2 nitrogen and oxygen atoms in total. The summed E-state index contributed by atoms with van der Waals surface area (Å²) in [6.07, 6.45) is -3.14. The average molecular weight is 223 g/mol. The van der Waals surface area contributed by atoms with Crippen LogP contribution in [0.3, 0.4) is 0 Å². The van der Waals surface area contributed by atoms with E-state index in [2.05, 4.69) is 9.98 Å². The smallest absolute Gasteiger partial charge is 0.259 e. The van der Waals surface area contributed by atoms with E-state index in [1.165, 1.54) is 18.3 Å². The maximum atomic E-state index is 12.0. The van der Waals surface area contributed by atoms with E-state index in [0.29, 0.717) is 5.69 Å². The summed E-state index contributed by atoms with van der Waals surface area (Å²) in [6.45, 7) is 1.55. The van der Waals surface area contributed by atoms with Gasteiger partial charge in [0.15, 0.2) is 0 Å². The Labute approximate surface area is 83.4 Å². The molecule has 0 aliphatic heterocycles. The van der Waals surface area contributed by atoms with Crippen molar-refractivity contribution in [3.63, 3.8) is 0 Å². The molecule has 0 radical (unpaired) electrons. The molecule has 1 heterocycles. The van der Waals surface area contributed by atoms with Crippen LogP contribution in [0.25, 0.3) is 0 Å². The van der Waals surface area contributed by atoms with Gasteiger partial charge in [-0.15, -0.1) is 0 Å². The van der Waals surface area contributed by atoms with Gasteiger partial charge in [0, 0.05) is 6.20 Å². The van der Waals surface area contributed by atoms with Crippen LogP contribution in [0.5, 0.6) is 0 Å². The molecule has 0 aliphatic rings. The Kier molecular flexibility index (Phi) is 3.10. The summed E-state index contributed by atoms with van der Waals surface area (Å²) in [6, 6.07) is 2.91. The Bertz CT molecular complexity index is 360.